The molecule has 0 amide bonds. The Labute approximate surface area is 100 Å². The summed E-state index contributed by atoms with van der Waals surface area (Å²) in [5.74, 6) is -2.39. The molecule has 5 heteroatoms. The number of hydrogen-bond acceptors (Lipinski definition) is 2. The maximum absolute atomic E-state index is 12.5. The molecule has 1 unspecified atom stereocenters. The van der Waals surface area contributed by atoms with Crippen molar-refractivity contribution in [2.45, 2.75) is 25.8 Å². The minimum Gasteiger partial charge on any atom is -0.487 e. The standard InChI is InChI=1S/C11H15F2NO.ClH/c1-8(14)9-4-3-5-10(6-9)15-7-11(2,12)13;/h3-6,8H,7,14H2,1-2H3;1H. The zero-order valence-electron chi connectivity index (χ0n) is 9.24. The highest BCUT2D eigenvalue weighted by Crippen LogP contribution is 2.20. The first kappa shape index (κ1) is 15.1. The van der Waals surface area contributed by atoms with Gasteiger partial charge in [-0.1, -0.05) is 12.1 Å². The normalized spacial score (nSPS) is 12.8. The van der Waals surface area contributed by atoms with Gasteiger partial charge in [-0.15, -0.1) is 12.4 Å². The highest BCUT2D eigenvalue weighted by molar-refractivity contribution is 5.85. The molecule has 0 aliphatic heterocycles. The van der Waals surface area contributed by atoms with Gasteiger partial charge in [0, 0.05) is 13.0 Å². The van der Waals surface area contributed by atoms with E-state index in [9.17, 15) is 8.78 Å². The first-order chi connectivity index (χ1) is 6.88. The van der Waals surface area contributed by atoms with E-state index in [0.717, 1.165) is 12.5 Å². The van der Waals surface area contributed by atoms with E-state index < -0.39 is 12.5 Å². The van der Waals surface area contributed by atoms with Crippen LogP contribution in [-0.4, -0.2) is 12.5 Å². The number of ether oxygens (including phenoxy) is 1. The summed E-state index contributed by atoms with van der Waals surface area (Å²) in [6.07, 6.45) is 0. The average molecular weight is 252 g/mol. The van der Waals surface area contributed by atoms with E-state index in [1.54, 1.807) is 18.2 Å². The predicted octanol–water partition coefficient (Wildman–Crippen LogP) is 3.16. The lowest BCUT2D eigenvalue weighted by atomic mass is 10.1. The SMILES string of the molecule is CC(N)c1cccc(OCC(C)(F)F)c1.Cl. The van der Waals surface area contributed by atoms with Crippen molar-refractivity contribution in [2.24, 2.45) is 5.73 Å². The molecule has 0 heterocycles. The van der Waals surface area contributed by atoms with E-state index in [2.05, 4.69) is 0 Å². The zero-order valence-corrected chi connectivity index (χ0v) is 10.1. The van der Waals surface area contributed by atoms with Crippen molar-refractivity contribution < 1.29 is 13.5 Å². The van der Waals surface area contributed by atoms with Gasteiger partial charge in [-0.2, -0.15) is 0 Å². The Hall–Kier alpha value is -0.870. The molecule has 1 rings (SSSR count). The Balaban J connectivity index is 0.00000225. The fraction of sp³-hybridized carbons (Fsp3) is 0.455. The minimum atomic E-state index is -2.82. The third kappa shape index (κ3) is 5.28. The second-order valence-corrected chi connectivity index (χ2v) is 3.72. The number of nitrogens with two attached hydrogens (primary N) is 1. The van der Waals surface area contributed by atoms with Gasteiger partial charge in [-0.25, -0.2) is 8.78 Å². The maximum Gasteiger partial charge on any atom is 0.278 e. The second-order valence-electron chi connectivity index (χ2n) is 3.72. The fourth-order valence-electron chi connectivity index (χ4n) is 1.10. The van der Waals surface area contributed by atoms with Crippen molar-refractivity contribution in [3.8, 4) is 5.75 Å². The molecule has 1 aromatic carbocycles. The van der Waals surface area contributed by atoms with E-state index in [1.165, 1.54) is 0 Å². The topological polar surface area (TPSA) is 35.2 Å². The van der Waals surface area contributed by atoms with Crippen LogP contribution < -0.4 is 10.5 Å². The molecule has 0 aromatic heterocycles. The van der Waals surface area contributed by atoms with Crippen LogP contribution in [0.3, 0.4) is 0 Å². The summed E-state index contributed by atoms with van der Waals surface area (Å²) in [6.45, 7) is 2.03. The van der Waals surface area contributed by atoms with Gasteiger partial charge in [0.15, 0.2) is 6.61 Å². The van der Waals surface area contributed by atoms with Gasteiger partial charge >= 0.3 is 0 Å². The van der Waals surface area contributed by atoms with Crippen LogP contribution in [0.25, 0.3) is 0 Å². The average Bonchev–Trinajstić information content (AvgIpc) is 2.14. The van der Waals surface area contributed by atoms with E-state index in [1.807, 2.05) is 13.0 Å². The third-order valence-corrected chi connectivity index (χ3v) is 1.88. The molecule has 16 heavy (non-hydrogen) atoms. The van der Waals surface area contributed by atoms with Crippen LogP contribution in [-0.2, 0) is 0 Å². The molecule has 0 fully saturated rings. The fourth-order valence-corrected chi connectivity index (χ4v) is 1.10. The Bertz CT molecular complexity index is 326. The van der Waals surface area contributed by atoms with Crippen molar-refractivity contribution in [3.05, 3.63) is 29.8 Å². The van der Waals surface area contributed by atoms with Gasteiger partial charge in [0.1, 0.15) is 5.75 Å². The first-order valence-corrected chi connectivity index (χ1v) is 4.75. The molecule has 2 nitrogen and oxygen atoms in total. The molecule has 1 aromatic rings. The molecule has 0 saturated heterocycles. The number of hydrogen-bond donors (Lipinski definition) is 1. The molecule has 92 valence electrons. The van der Waals surface area contributed by atoms with Crippen molar-refractivity contribution >= 4 is 12.4 Å². The summed E-state index contributed by atoms with van der Waals surface area (Å²) in [6, 6.07) is 6.76. The summed E-state index contributed by atoms with van der Waals surface area (Å²) in [4.78, 5) is 0. The molecular weight excluding hydrogens is 236 g/mol. The molecule has 2 N–H and O–H groups in total. The van der Waals surface area contributed by atoms with Gasteiger partial charge < -0.3 is 10.5 Å². The van der Waals surface area contributed by atoms with Gasteiger partial charge in [-0.05, 0) is 24.6 Å². The monoisotopic (exact) mass is 251 g/mol. The van der Waals surface area contributed by atoms with Gasteiger partial charge in [-0.3, -0.25) is 0 Å². The summed E-state index contributed by atoms with van der Waals surface area (Å²) >= 11 is 0. The minimum absolute atomic E-state index is 0. The lowest BCUT2D eigenvalue weighted by molar-refractivity contribution is -0.0229. The molecule has 0 aliphatic rings. The highest BCUT2D eigenvalue weighted by atomic mass is 35.5. The highest BCUT2D eigenvalue weighted by Gasteiger charge is 2.21. The Morgan fingerprint density at radius 1 is 1.44 bits per heavy atom. The van der Waals surface area contributed by atoms with Crippen molar-refractivity contribution in [1.82, 2.24) is 0 Å². The molecule has 0 radical (unpaired) electrons. The van der Waals surface area contributed by atoms with Gasteiger partial charge in [0.2, 0.25) is 0 Å². The lowest BCUT2D eigenvalue weighted by Crippen LogP contribution is -2.21. The van der Waals surface area contributed by atoms with Crippen LogP contribution in [0.1, 0.15) is 25.5 Å². The second kappa shape index (κ2) is 6.01. The Kier molecular flexibility index (Phi) is 5.68. The third-order valence-electron chi connectivity index (χ3n) is 1.88. The van der Waals surface area contributed by atoms with Crippen LogP contribution in [0.5, 0.6) is 5.75 Å². The smallest absolute Gasteiger partial charge is 0.278 e. The molecule has 0 aliphatic carbocycles. The van der Waals surface area contributed by atoms with E-state index in [4.69, 9.17) is 10.5 Å². The van der Waals surface area contributed by atoms with Crippen LogP contribution in [0, 0.1) is 0 Å². The maximum atomic E-state index is 12.5. The Morgan fingerprint density at radius 3 is 2.56 bits per heavy atom. The van der Waals surface area contributed by atoms with Gasteiger partial charge in [0.05, 0.1) is 0 Å². The zero-order chi connectivity index (χ0) is 11.5. The summed E-state index contributed by atoms with van der Waals surface area (Å²) in [5.41, 5.74) is 6.53. The van der Waals surface area contributed by atoms with Crippen LogP contribution >= 0.6 is 12.4 Å². The number of benzene rings is 1. The predicted molar refractivity (Wildman–Crippen MR) is 62.4 cm³/mol. The molecule has 1 atom stereocenters. The van der Waals surface area contributed by atoms with E-state index >= 15 is 0 Å². The number of halogens is 3. The quantitative estimate of drug-likeness (QED) is 0.892. The number of rotatable bonds is 4. The van der Waals surface area contributed by atoms with Gasteiger partial charge in [0.25, 0.3) is 5.92 Å². The van der Waals surface area contributed by atoms with Crippen LogP contribution in [0.2, 0.25) is 0 Å². The van der Waals surface area contributed by atoms with Crippen molar-refractivity contribution in [1.29, 1.82) is 0 Å². The lowest BCUT2D eigenvalue weighted by Gasteiger charge is -2.13. The molecule has 0 saturated carbocycles. The molecular formula is C11H16ClF2NO. The molecule has 0 spiro atoms. The summed E-state index contributed by atoms with van der Waals surface area (Å²) in [7, 11) is 0. The Morgan fingerprint density at radius 2 is 2.06 bits per heavy atom. The van der Waals surface area contributed by atoms with E-state index in [-0.39, 0.29) is 18.4 Å². The summed E-state index contributed by atoms with van der Waals surface area (Å²) in [5, 5.41) is 0. The molecule has 0 bridgehead atoms. The van der Waals surface area contributed by atoms with Crippen molar-refractivity contribution in [3.63, 3.8) is 0 Å². The van der Waals surface area contributed by atoms with Crippen LogP contribution in [0.4, 0.5) is 8.78 Å². The first-order valence-electron chi connectivity index (χ1n) is 4.75. The number of alkyl halides is 2. The van der Waals surface area contributed by atoms with E-state index in [0.29, 0.717) is 5.75 Å². The summed E-state index contributed by atoms with van der Waals surface area (Å²) < 4.78 is 30.0. The largest absolute Gasteiger partial charge is 0.487 e. The van der Waals surface area contributed by atoms with Crippen LogP contribution in [0.15, 0.2) is 24.3 Å². The van der Waals surface area contributed by atoms with Crippen molar-refractivity contribution in [2.75, 3.05) is 6.61 Å².